The summed E-state index contributed by atoms with van der Waals surface area (Å²) in [5, 5.41) is 9.30. The fourth-order valence-electron chi connectivity index (χ4n) is 2.93. The van der Waals surface area contributed by atoms with Gasteiger partial charge in [0.05, 0.1) is 19.3 Å². The largest absolute Gasteiger partial charge is 0.395 e. The molecular formula is C16H23NO5. The van der Waals surface area contributed by atoms with E-state index in [9.17, 15) is 5.11 Å². The van der Waals surface area contributed by atoms with Gasteiger partial charge in [0.1, 0.15) is 18.3 Å². The van der Waals surface area contributed by atoms with Gasteiger partial charge in [0.25, 0.3) is 0 Å². The number of aliphatic hydroxyl groups is 1. The van der Waals surface area contributed by atoms with Crippen molar-refractivity contribution in [2.24, 2.45) is 5.73 Å². The third-order valence-corrected chi connectivity index (χ3v) is 3.94. The number of ether oxygens (including phenoxy) is 4. The molecule has 1 aromatic carbocycles. The molecule has 5 unspecified atom stereocenters. The average molecular weight is 309 g/mol. The summed E-state index contributed by atoms with van der Waals surface area (Å²) >= 11 is 0. The van der Waals surface area contributed by atoms with E-state index < -0.39 is 24.2 Å². The predicted octanol–water partition coefficient (Wildman–Crippen LogP) is 0.768. The summed E-state index contributed by atoms with van der Waals surface area (Å²) in [5.41, 5.74) is 6.98. The summed E-state index contributed by atoms with van der Waals surface area (Å²) < 4.78 is 23.5. The molecule has 0 aliphatic carbocycles. The zero-order chi connectivity index (χ0) is 15.7. The molecule has 2 heterocycles. The van der Waals surface area contributed by atoms with Gasteiger partial charge in [0.2, 0.25) is 0 Å². The van der Waals surface area contributed by atoms with Crippen LogP contribution in [0.5, 0.6) is 0 Å². The standard InChI is InChI=1S/C16H23NO5/c1-16(2)21-13-12(11(17)8-18)20-15(14(13)22-16)19-9-10-6-4-3-5-7-10/h3-7,11-15,18H,8-9,17H2,1-2H3. The van der Waals surface area contributed by atoms with E-state index in [0.717, 1.165) is 5.56 Å². The van der Waals surface area contributed by atoms with Crippen LogP contribution in [0.4, 0.5) is 0 Å². The lowest BCUT2D eigenvalue weighted by atomic mass is 10.1. The van der Waals surface area contributed by atoms with Crippen LogP contribution in [0.1, 0.15) is 19.4 Å². The van der Waals surface area contributed by atoms with E-state index in [0.29, 0.717) is 6.61 Å². The van der Waals surface area contributed by atoms with E-state index >= 15 is 0 Å². The monoisotopic (exact) mass is 309 g/mol. The molecule has 122 valence electrons. The van der Waals surface area contributed by atoms with Crippen molar-refractivity contribution < 1.29 is 24.1 Å². The number of nitrogens with two attached hydrogens (primary N) is 1. The van der Waals surface area contributed by atoms with Crippen LogP contribution in [0, 0.1) is 0 Å². The molecule has 2 aliphatic rings. The van der Waals surface area contributed by atoms with Gasteiger partial charge in [-0.25, -0.2) is 0 Å². The highest BCUT2D eigenvalue weighted by Crippen LogP contribution is 2.40. The molecule has 3 N–H and O–H groups in total. The molecular weight excluding hydrogens is 286 g/mol. The van der Waals surface area contributed by atoms with E-state index in [-0.39, 0.29) is 18.8 Å². The number of rotatable bonds is 5. The van der Waals surface area contributed by atoms with Crippen LogP contribution in [0.2, 0.25) is 0 Å². The lowest BCUT2D eigenvalue weighted by Crippen LogP contribution is -2.45. The molecule has 6 nitrogen and oxygen atoms in total. The van der Waals surface area contributed by atoms with E-state index in [4.69, 9.17) is 24.7 Å². The first-order valence-electron chi connectivity index (χ1n) is 7.53. The highest BCUT2D eigenvalue weighted by Gasteiger charge is 2.57. The second-order valence-electron chi connectivity index (χ2n) is 6.18. The van der Waals surface area contributed by atoms with Crippen LogP contribution in [0.15, 0.2) is 30.3 Å². The number of aliphatic hydroxyl groups excluding tert-OH is 1. The minimum absolute atomic E-state index is 0.177. The first-order chi connectivity index (χ1) is 10.5. The van der Waals surface area contributed by atoms with Gasteiger partial charge >= 0.3 is 0 Å². The first kappa shape index (κ1) is 15.9. The summed E-state index contributed by atoms with van der Waals surface area (Å²) in [6, 6.07) is 9.31. The van der Waals surface area contributed by atoms with Crippen LogP contribution >= 0.6 is 0 Å². The SMILES string of the molecule is CC1(C)OC2C(OCc3ccccc3)OC(C(N)CO)C2O1. The summed E-state index contributed by atoms with van der Waals surface area (Å²) in [6.07, 6.45) is -1.69. The summed E-state index contributed by atoms with van der Waals surface area (Å²) in [4.78, 5) is 0. The second-order valence-corrected chi connectivity index (χ2v) is 6.18. The molecule has 0 bridgehead atoms. The molecule has 6 heteroatoms. The third kappa shape index (κ3) is 3.17. The highest BCUT2D eigenvalue weighted by atomic mass is 16.8. The van der Waals surface area contributed by atoms with Crippen molar-refractivity contribution in [2.75, 3.05) is 6.61 Å². The van der Waals surface area contributed by atoms with Crippen molar-refractivity contribution in [1.29, 1.82) is 0 Å². The Bertz CT molecular complexity index is 495. The summed E-state index contributed by atoms with van der Waals surface area (Å²) in [6.45, 7) is 3.94. The minimum Gasteiger partial charge on any atom is -0.395 e. The van der Waals surface area contributed by atoms with Gasteiger partial charge in [-0.3, -0.25) is 0 Å². The lowest BCUT2D eigenvalue weighted by molar-refractivity contribution is -0.239. The maximum Gasteiger partial charge on any atom is 0.187 e. The van der Waals surface area contributed by atoms with Gasteiger partial charge in [0, 0.05) is 0 Å². The molecule has 22 heavy (non-hydrogen) atoms. The molecule has 0 aromatic heterocycles. The minimum atomic E-state index is -0.707. The molecule has 0 radical (unpaired) electrons. The Labute approximate surface area is 130 Å². The van der Waals surface area contributed by atoms with Crippen LogP contribution in [-0.4, -0.2) is 48.1 Å². The maximum atomic E-state index is 9.30. The Morgan fingerprint density at radius 3 is 2.59 bits per heavy atom. The number of benzene rings is 1. The maximum absolute atomic E-state index is 9.30. The van der Waals surface area contributed by atoms with Crippen molar-refractivity contribution >= 4 is 0 Å². The molecule has 3 rings (SSSR count). The summed E-state index contributed by atoms with van der Waals surface area (Å²) in [7, 11) is 0. The predicted molar refractivity (Wildman–Crippen MR) is 78.8 cm³/mol. The molecule has 0 amide bonds. The zero-order valence-corrected chi connectivity index (χ0v) is 12.8. The van der Waals surface area contributed by atoms with Gasteiger partial charge in [0.15, 0.2) is 12.1 Å². The van der Waals surface area contributed by atoms with Crippen LogP contribution in [0.3, 0.4) is 0 Å². The molecule has 0 spiro atoms. The van der Waals surface area contributed by atoms with Gasteiger partial charge in [-0.1, -0.05) is 30.3 Å². The topological polar surface area (TPSA) is 83.2 Å². The fourth-order valence-corrected chi connectivity index (χ4v) is 2.93. The lowest BCUT2D eigenvalue weighted by Gasteiger charge is -2.26. The van der Waals surface area contributed by atoms with Crippen molar-refractivity contribution in [3.63, 3.8) is 0 Å². The molecule has 5 atom stereocenters. The first-order valence-corrected chi connectivity index (χ1v) is 7.53. The number of hydrogen-bond acceptors (Lipinski definition) is 6. The number of hydrogen-bond donors (Lipinski definition) is 2. The average Bonchev–Trinajstić information content (AvgIpc) is 2.99. The molecule has 0 saturated carbocycles. The number of fused-ring (bicyclic) bond motifs is 1. The Morgan fingerprint density at radius 2 is 1.91 bits per heavy atom. The van der Waals surface area contributed by atoms with Gasteiger partial charge in [-0.2, -0.15) is 0 Å². The Hall–Kier alpha value is -1.02. The van der Waals surface area contributed by atoms with E-state index in [1.165, 1.54) is 0 Å². The van der Waals surface area contributed by atoms with E-state index in [1.54, 1.807) is 0 Å². The molecule has 2 aliphatic heterocycles. The summed E-state index contributed by atoms with van der Waals surface area (Å²) in [5.74, 6) is -0.707. The molecule has 2 fully saturated rings. The van der Waals surface area contributed by atoms with Crippen molar-refractivity contribution in [2.45, 2.75) is 56.9 Å². The molecule has 1 aromatic rings. The Balaban J connectivity index is 1.69. The van der Waals surface area contributed by atoms with E-state index in [2.05, 4.69) is 0 Å². The Morgan fingerprint density at radius 1 is 1.23 bits per heavy atom. The van der Waals surface area contributed by atoms with Gasteiger partial charge < -0.3 is 29.8 Å². The quantitative estimate of drug-likeness (QED) is 0.836. The van der Waals surface area contributed by atoms with Crippen molar-refractivity contribution in [3.05, 3.63) is 35.9 Å². The van der Waals surface area contributed by atoms with Gasteiger partial charge in [-0.05, 0) is 19.4 Å². The normalized spacial score (nSPS) is 34.5. The van der Waals surface area contributed by atoms with E-state index in [1.807, 2.05) is 44.2 Å². The van der Waals surface area contributed by atoms with Gasteiger partial charge in [-0.15, -0.1) is 0 Å². The third-order valence-electron chi connectivity index (χ3n) is 3.94. The Kier molecular flexibility index (Phi) is 4.49. The van der Waals surface area contributed by atoms with Crippen molar-refractivity contribution in [1.82, 2.24) is 0 Å². The zero-order valence-electron chi connectivity index (χ0n) is 12.8. The van der Waals surface area contributed by atoms with Crippen molar-refractivity contribution in [3.8, 4) is 0 Å². The molecule has 2 saturated heterocycles. The fraction of sp³-hybridized carbons (Fsp3) is 0.625. The highest BCUT2D eigenvalue weighted by molar-refractivity contribution is 5.13. The second kappa shape index (κ2) is 6.23. The van der Waals surface area contributed by atoms with Crippen LogP contribution < -0.4 is 5.73 Å². The van der Waals surface area contributed by atoms with Crippen LogP contribution in [0.25, 0.3) is 0 Å². The smallest absolute Gasteiger partial charge is 0.187 e. The van der Waals surface area contributed by atoms with Crippen LogP contribution in [-0.2, 0) is 25.6 Å².